The summed E-state index contributed by atoms with van der Waals surface area (Å²) in [6.07, 6.45) is 2.28. The van der Waals surface area contributed by atoms with Crippen LogP contribution in [-0.4, -0.2) is 52.8 Å². The van der Waals surface area contributed by atoms with E-state index in [4.69, 9.17) is 11.6 Å². The minimum absolute atomic E-state index is 0.109. The summed E-state index contributed by atoms with van der Waals surface area (Å²) in [4.78, 5) is 32.2. The van der Waals surface area contributed by atoms with Crippen LogP contribution in [0, 0.1) is 0 Å². The summed E-state index contributed by atoms with van der Waals surface area (Å²) >= 11 is 6.41. The van der Waals surface area contributed by atoms with Crippen molar-refractivity contribution in [1.82, 2.24) is 14.8 Å². The number of benzene rings is 2. The Morgan fingerprint density at radius 2 is 1.55 bits per heavy atom. The van der Waals surface area contributed by atoms with Crippen molar-refractivity contribution >= 4 is 34.3 Å². The Labute approximate surface area is 175 Å². The summed E-state index contributed by atoms with van der Waals surface area (Å²) in [5, 5.41) is 1.31. The first-order chi connectivity index (χ1) is 14.1. The molecule has 0 spiro atoms. The number of amides is 2. The van der Waals surface area contributed by atoms with Crippen molar-refractivity contribution in [2.75, 3.05) is 26.2 Å². The Morgan fingerprint density at radius 1 is 0.897 bits per heavy atom. The van der Waals surface area contributed by atoms with Crippen molar-refractivity contribution in [1.29, 1.82) is 0 Å². The van der Waals surface area contributed by atoms with Crippen LogP contribution in [0.5, 0.6) is 0 Å². The lowest BCUT2D eigenvalue weighted by Crippen LogP contribution is -2.50. The number of carbonyl (C=O) groups excluding carboxylic acids is 2. The molecule has 0 unspecified atom stereocenters. The van der Waals surface area contributed by atoms with Gasteiger partial charge in [0, 0.05) is 43.5 Å². The molecule has 0 radical (unpaired) electrons. The summed E-state index contributed by atoms with van der Waals surface area (Å²) in [6.45, 7) is 2.17. The first-order valence-electron chi connectivity index (χ1n) is 10.0. The van der Waals surface area contributed by atoms with Crippen LogP contribution in [0.15, 0.2) is 54.6 Å². The zero-order valence-corrected chi connectivity index (χ0v) is 17.0. The molecule has 6 heteroatoms. The predicted molar refractivity (Wildman–Crippen MR) is 115 cm³/mol. The predicted octanol–water partition coefficient (Wildman–Crippen LogP) is 4.13. The van der Waals surface area contributed by atoms with Gasteiger partial charge in [0.15, 0.2) is 0 Å². The highest BCUT2D eigenvalue weighted by Gasteiger charge is 2.27. The third-order valence-electron chi connectivity index (χ3n) is 5.48. The van der Waals surface area contributed by atoms with E-state index < -0.39 is 0 Å². The number of piperazine rings is 1. The second kappa shape index (κ2) is 8.70. The van der Waals surface area contributed by atoms with Crippen LogP contribution in [0.2, 0.25) is 5.02 Å². The number of fused-ring (bicyclic) bond motifs is 1. The van der Waals surface area contributed by atoms with Gasteiger partial charge in [0.25, 0.3) is 5.91 Å². The lowest BCUT2D eigenvalue weighted by atomic mass is 10.1. The zero-order chi connectivity index (χ0) is 20.2. The molecule has 5 nitrogen and oxygen atoms in total. The standard InChI is InChI=1S/C23H24ClN3O2/c24-21-18-10-4-5-11-19(18)25-22(21)23(29)27-15-13-26(14-16-27)20(28)12-6-9-17-7-2-1-3-8-17/h1-5,7-8,10-11,25H,6,9,12-16H2. The Hall–Kier alpha value is -2.79. The molecule has 150 valence electrons. The van der Waals surface area contributed by atoms with Crippen molar-refractivity contribution in [3.63, 3.8) is 0 Å². The topological polar surface area (TPSA) is 56.4 Å². The Bertz CT molecular complexity index is 1010. The molecular formula is C23H24ClN3O2. The average molecular weight is 410 g/mol. The molecule has 1 aliphatic rings. The lowest BCUT2D eigenvalue weighted by molar-refractivity contribution is -0.132. The number of aromatic amines is 1. The van der Waals surface area contributed by atoms with E-state index >= 15 is 0 Å². The van der Waals surface area contributed by atoms with Gasteiger partial charge in [-0.1, -0.05) is 60.1 Å². The van der Waals surface area contributed by atoms with E-state index in [-0.39, 0.29) is 11.8 Å². The van der Waals surface area contributed by atoms with Crippen molar-refractivity contribution in [2.24, 2.45) is 0 Å². The molecule has 1 aliphatic heterocycles. The number of carbonyl (C=O) groups is 2. The summed E-state index contributed by atoms with van der Waals surface area (Å²) in [5.41, 5.74) is 2.54. The molecule has 2 amide bonds. The van der Waals surface area contributed by atoms with Crippen LogP contribution in [0.25, 0.3) is 10.9 Å². The largest absolute Gasteiger partial charge is 0.349 e. The molecule has 1 aromatic heterocycles. The number of nitrogens with zero attached hydrogens (tertiary/aromatic N) is 2. The second-order valence-corrected chi connectivity index (χ2v) is 7.75. The van der Waals surface area contributed by atoms with Crippen molar-refractivity contribution in [2.45, 2.75) is 19.3 Å². The number of rotatable bonds is 5. The van der Waals surface area contributed by atoms with Gasteiger partial charge >= 0.3 is 0 Å². The van der Waals surface area contributed by atoms with Crippen LogP contribution in [0.4, 0.5) is 0 Å². The average Bonchev–Trinajstić information content (AvgIpc) is 3.11. The van der Waals surface area contributed by atoms with E-state index in [1.54, 1.807) is 4.90 Å². The summed E-state index contributed by atoms with van der Waals surface area (Å²) < 4.78 is 0. The van der Waals surface area contributed by atoms with Gasteiger partial charge in [0.05, 0.1) is 5.02 Å². The SMILES string of the molecule is O=C(CCCc1ccccc1)N1CCN(C(=O)c2[nH]c3ccccc3c2Cl)CC1. The number of aromatic nitrogens is 1. The number of hydrogen-bond acceptors (Lipinski definition) is 2. The van der Waals surface area contributed by atoms with Crippen LogP contribution in [0.3, 0.4) is 0 Å². The fraction of sp³-hybridized carbons (Fsp3) is 0.304. The molecular weight excluding hydrogens is 386 g/mol. The molecule has 0 bridgehead atoms. The van der Waals surface area contributed by atoms with Crippen LogP contribution in [0.1, 0.15) is 28.9 Å². The number of aryl methyl sites for hydroxylation is 1. The maximum atomic E-state index is 12.9. The first kappa shape index (κ1) is 19.5. The maximum Gasteiger partial charge on any atom is 0.271 e. The normalized spacial score (nSPS) is 14.4. The van der Waals surface area contributed by atoms with Crippen LogP contribution >= 0.6 is 11.6 Å². The fourth-order valence-corrected chi connectivity index (χ4v) is 4.11. The number of halogens is 1. The van der Waals surface area contributed by atoms with Crippen molar-refractivity contribution in [3.05, 3.63) is 70.9 Å². The summed E-state index contributed by atoms with van der Waals surface area (Å²) in [6, 6.07) is 17.8. The highest BCUT2D eigenvalue weighted by molar-refractivity contribution is 6.38. The molecule has 4 rings (SSSR count). The summed E-state index contributed by atoms with van der Waals surface area (Å²) in [7, 11) is 0. The van der Waals surface area contributed by atoms with Gasteiger partial charge in [-0.05, 0) is 24.5 Å². The Kier molecular flexibility index (Phi) is 5.86. The quantitative estimate of drug-likeness (QED) is 0.688. The zero-order valence-electron chi connectivity index (χ0n) is 16.2. The third-order valence-corrected chi connectivity index (χ3v) is 5.87. The van der Waals surface area contributed by atoms with Gasteiger partial charge in [-0.25, -0.2) is 0 Å². The van der Waals surface area contributed by atoms with E-state index in [0.717, 1.165) is 23.7 Å². The lowest BCUT2D eigenvalue weighted by Gasteiger charge is -2.34. The molecule has 1 fully saturated rings. The van der Waals surface area contributed by atoms with Crippen molar-refractivity contribution in [3.8, 4) is 0 Å². The third kappa shape index (κ3) is 4.30. The minimum atomic E-state index is -0.109. The van der Waals surface area contributed by atoms with E-state index in [2.05, 4.69) is 17.1 Å². The molecule has 2 aromatic carbocycles. The smallest absolute Gasteiger partial charge is 0.271 e. The number of hydrogen-bond donors (Lipinski definition) is 1. The minimum Gasteiger partial charge on any atom is -0.349 e. The Morgan fingerprint density at radius 3 is 2.28 bits per heavy atom. The highest BCUT2D eigenvalue weighted by Crippen LogP contribution is 2.28. The van der Waals surface area contributed by atoms with E-state index in [0.29, 0.717) is 43.3 Å². The molecule has 0 aliphatic carbocycles. The van der Waals surface area contributed by atoms with E-state index in [1.165, 1.54) is 5.56 Å². The van der Waals surface area contributed by atoms with Gasteiger partial charge in [-0.2, -0.15) is 0 Å². The van der Waals surface area contributed by atoms with Crippen LogP contribution in [-0.2, 0) is 11.2 Å². The maximum absolute atomic E-state index is 12.9. The fourth-order valence-electron chi connectivity index (χ4n) is 3.82. The molecule has 3 aromatic rings. The molecule has 1 N–H and O–H groups in total. The van der Waals surface area contributed by atoms with Gasteiger partial charge < -0.3 is 14.8 Å². The van der Waals surface area contributed by atoms with E-state index in [9.17, 15) is 9.59 Å². The second-order valence-electron chi connectivity index (χ2n) is 7.37. The highest BCUT2D eigenvalue weighted by atomic mass is 35.5. The van der Waals surface area contributed by atoms with Gasteiger partial charge in [0.1, 0.15) is 5.69 Å². The van der Waals surface area contributed by atoms with Gasteiger partial charge in [0.2, 0.25) is 5.91 Å². The molecule has 2 heterocycles. The number of nitrogens with one attached hydrogen (secondary N) is 1. The molecule has 1 saturated heterocycles. The van der Waals surface area contributed by atoms with Crippen LogP contribution < -0.4 is 0 Å². The first-order valence-corrected chi connectivity index (χ1v) is 10.4. The number of para-hydroxylation sites is 1. The molecule has 0 atom stereocenters. The number of H-pyrrole nitrogens is 1. The van der Waals surface area contributed by atoms with Gasteiger partial charge in [-0.15, -0.1) is 0 Å². The van der Waals surface area contributed by atoms with Crippen molar-refractivity contribution < 1.29 is 9.59 Å². The molecule has 0 saturated carbocycles. The monoisotopic (exact) mass is 409 g/mol. The molecule has 29 heavy (non-hydrogen) atoms. The Balaban J connectivity index is 1.30. The van der Waals surface area contributed by atoms with E-state index in [1.807, 2.05) is 47.4 Å². The summed E-state index contributed by atoms with van der Waals surface area (Å²) in [5.74, 6) is 0.0547. The van der Waals surface area contributed by atoms with Gasteiger partial charge in [-0.3, -0.25) is 9.59 Å².